The highest BCUT2D eigenvalue weighted by atomic mass is 32.2. The molecular formula is C13H23N5S. The molecule has 0 spiro atoms. The van der Waals surface area contributed by atoms with Gasteiger partial charge >= 0.3 is 0 Å². The molecule has 3 N–H and O–H groups in total. The number of nitrogen functional groups attached to an aromatic ring is 1. The van der Waals surface area contributed by atoms with Gasteiger partial charge in [-0.25, -0.2) is 9.97 Å². The van der Waals surface area contributed by atoms with Gasteiger partial charge in [-0.1, -0.05) is 18.7 Å². The fourth-order valence-corrected chi connectivity index (χ4v) is 2.65. The van der Waals surface area contributed by atoms with E-state index in [-0.39, 0.29) is 0 Å². The van der Waals surface area contributed by atoms with Crippen LogP contribution >= 0.6 is 11.8 Å². The normalized spacial score (nSPS) is 19.3. The number of piperidine rings is 1. The van der Waals surface area contributed by atoms with E-state index < -0.39 is 0 Å². The average Bonchev–Trinajstić information content (AvgIpc) is 2.40. The molecule has 0 aliphatic carbocycles. The van der Waals surface area contributed by atoms with Crippen LogP contribution < -0.4 is 11.1 Å². The van der Waals surface area contributed by atoms with Gasteiger partial charge in [-0.2, -0.15) is 0 Å². The van der Waals surface area contributed by atoms with Crippen molar-refractivity contribution in [3.05, 3.63) is 6.07 Å². The summed E-state index contributed by atoms with van der Waals surface area (Å²) >= 11 is 1.51. The Kier molecular flexibility index (Phi) is 4.52. The number of hydrogen-bond acceptors (Lipinski definition) is 6. The topological polar surface area (TPSA) is 67.1 Å². The summed E-state index contributed by atoms with van der Waals surface area (Å²) < 4.78 is 0. The first-order chi connectivity index (χ1) is 9.00. The Bertz CT molecular complexity index is 429. The molecule has 0 unspecified atom stereocenters. The number of thioether (sulfide) groups is 1. The highest BCUT2D eigenvalue weighted by Gasteiger charge is 2.28. The second-order valence-corrected chi connectivity index (χ2v) is 6.41. The van der Waals surface area contributed by atoms with E-state index in [1.165, 1.54) is 37.7 Å². The summed E-state index contributed by atoms with van der Waals surface area (Å²) in [4.78, 5) is 11.0. The third kappa shape index (κ3) is 3.98. The van der Waals surface area contributed by atoms with Crippen molar-refractivity contribution in [3.8, 4) is 0 Å². The van der Waals surface area contributed by atoms with Crippen LogP contribution in [0.15, 0.2) is 11.2 Å². The van der Waals surface area contributed by atoms with Crippen LogP contribution in [0, 0.1) is 5.41 Å². The molecule has 0 amide bonds. The molecule has 106 valence electrons. The number of nitrogens with one attached hydrogen (secondary N) is 1. The number of nitrogens with two attached hydrogens (primary N) is 1. The third-order valence-corrected chi connectivity index (χ3v) is 4.35. The van der Waals surface area contributed by atoms with Crippen molar-refractivity contribution in [2.45, 2.75) is 24.9 Å². The van der Waals surface area contributed by atoms with E-state index in [1.54, 1.807) is 6.07 Å². The number of anilines is 2. The maximum atomic E-state index is 5.78. The molecule has 5 nitrogen and oxygen atoms in total. The molecule has 1 aliphatic rings. The molecule has 0 saturated carbocycles. The second kappa shape index (κ2) is 5.96. The maximum absolute atomic E-state index is 5.78. The van der Waals surface area contributed by atoms with Crippen molar-refractivity contribution >= 4 is 23.4 Å². The van der Waals surface area contributed by atoms with E-state index in [0.29, 0.717) is 11.2 Å². The van der Waals surface area contributed by atoms with Crippen molar-refractivity contribution < 1.29 is 0 Å². The summed E-state index contributed by atoms with van der Waals surface area (Å²) in [5.41, 5.74) is 6.12. The predicted molar refractivity (Wildman–Crippen MR) is 81.6 cm³/mol. The molecule has 1 aliphatic heterocycles. The van der Waals surface area contributed by atoms with Crippen LogP contribution in [0.1, 0.15) is 19.8 Å². The first-order valence-electron chi connectivity index (χ1n) is 6.62. The number of hydrogen-bond donors (Lipinski definition) is 2. The molecule has 19 heavy (non-hydrogen) atoms. The molecule has 1 saturated heterocycles. The van der Waals surface area contributed by atoms with Crippen molar-refractivity contribution in [2.24, 2.45) is 5.41 Å². The molecule has 0 atom stereocenters. The summed E-state index contributed by atoms with van der Waals surface area (Å²) in [7, 11) is 2.18. The fourth-order valence-electron chi connectivity index (χ4n) is 2.26. The number of rotatable bonds is 4. The zero-order valence-corrected chi connectivity index (χ0v) is 12.8. The Morgan fingerprint density at radius 2 is 2.11 bits per heavy atom. The highest BCUT2D eigenvalue weighted by molar-refractivity contribution is 7.98. The Balaban J connectivity index is 1.96. The van der Waals surface area contributed by atoms with Crippen LogP contribution in [0.3, 0.4) is 0 Å². The maximum Gasteiger partial charge on any atom is 0.191 e. The van der Waals surface area contributed by atoms with Crippen LogP contribution in [0.5, 0.6) is 0 Å². The van der Waals surface area contributed by atoms with Gasteiger partial charge in [0.1, 0.15) is 11.6 Å². The van der Waals surface area contributed by atoms with Gasteiger partial charge in [0.25, 0.3) is 0 Å². The lowest BCUT2D eigenvalue weighted by Crippen LogP contribution is -2.40. The Hall–Kier alpha value is -1.01. The first kappa shape index (κ1) is 14.4. The largest absolute Gasteiger partial charge is 0.383 e. The summed E-state index contributed by atoms with van der Waals surface area (Å²) in [6.45, 7) is 5.61. The highest BCUT2D eigenvalue weighted by Crippen LogP contribution is 2.30. The third-order valence-electron chi connectivity index (χ3n) is 3.80. The molecule has 2 rings (SSSR count). The SMILES string of the molecule is CSc1nc(N)cc(NCC2(C)CCN(C)CC2)n1. The van der Waals surface area contributed by atoms with Gasteiger partial charge in [-0.3, -0.25) is 0 Å². The van der Waals surface area contributed by atoms with E-state index >= 15 is 0 Å². The minimum atomic E-state index is 0.339. The van der Waals surface area contributed by atoms with Crippen LogP contribution in [0.2, 0.25) is 0 Å². The van der Waals surface area contributed by atoms with Gasteiger partial charge in [-0.05, 0) is 44.6 Å². The Morgan fingerprint density at radius 1 is 1.42 bits per heavy atom. The number of nitrogens with zero attached hydrogens (tertiary/aromatic N) is 3. The molecule has 1 aromatic rings. The molecule has 6 heteroatoms. The van der Waals surface area contributed by atoms with E-state index in [1.807, 2.05) is 6.26 Å². The minimum Gasteiger partial charge on any atom is -0.383 e. The Morgan fingerprint density at radius 3 is 2.74 bits per heavy atom. The summed E-state index contributed by atoms with van der Waals surface area (Å²) in [6, 6.07) is 1.80. The second-order valence-electron chi connectivity index (χ2n) is 5.63. The summed E-state index contributed by atoms with van der Waals surface area (Å²) in [5, 5.41) is 4.14. The van der Waals surface area contributed by atoms with Crippen LogP contribution in [-0.2, 0) is 0 Å². The lowest BCUT2D eigenvalue weighted by molar-refractivity contribution is 0.150. The van der Waals surface area contributed by atoms with Crippen molar-refractivity contribution in [1.29, 1.82) is 0 Å². The van der Waals surface area contributed by atoms with Crippen LogP contribution in [0.25, 0.3) is 0 Å². The smallest absolute Gasteiger partial charge is 0.191 e. The quantitative estimate of drug-likeness (QED) is 0.649. The van der Waals surface area contributed by atoms with Crippen molar-refractivity contribution in [3.63, 3.8) is 0 Å². The number of likely N-dealkylation sites (tertiary alicyclic amines) is 1. The van der Waals surface area contributed by atoms with Gasteiger partial charge in [0.2, 0.25) is 0 Å². The Labute approximate surface area is 119 Å². The first-order valence-corrected chi connectivity index (χ1v) is 7.84. The molecule has 2 heterocycles. The standard InChI is InChI=1S/C13H23N5S/c1-13(4-6-18(2)7-5-13)9-15-11-8-10(14)16-12(17-11)19-3/h8H,4-7,9H2,1-3H3,(H3,14,15,16,17). The fraction of sp³-hybridized carbons (Fsp3) is 0.692. The summed E-state index contributed by atoms with van der Waals surface area (Å²) in [6.07, 6.45) is 4.38. The van der Waals surface area contributed by atoms with Gasteiger partial charge in [0, 0.05) is 12.6 Å². The molecule has 1 aromatic heterocycles. The lowest BCUT2D eigenvalue weighted by atomic mass is 9.80. The zero-order valence-electron chi connectivity index (χ0n) is 11.9. The minimum absolute atomic E-state index is 0.339. The zero-order chi connectivity index (χ0) is 13.9. The van der Waals surface area contributed by atoms with Gasteiger partial charge < -0.3 is 16.0 Å². The van der Waals surface area contributed by atoms with Crippen molar-refractivity contribution in [1.82, 2.24) is 14.9 Å². The van der Waals surface area contributed by atoms with E-state index in [0.717, 1.165) is 17.5 Å². The summed E-state index contributed by atoms with van der Waals surface area (Å²) in [5.74, 6) is 1.35. The van der Waals surface area contributed by atoms with Gasteiger partial charge in [-0.15, -0.1) is 0 Å². The average molecular weight is 281 g/mol. The molecule has 0 radical (unpaired) electrons. The van der Waals surface area contributed by atoms with Crippen LogP contribution in [-0.4, -0.2) is 47.8 Å². The van der Waals surface area contributed by atoms with Gasteiger partial charge in [0.05, 0.1) is 0 Å². The van der Waals surface area contributed by atoms with Gasteiger partial charge in [0.15, 0.2) is 5.16 Å². The molecule has 0 bridgehead atoms. The molecule has 0 aromatic carbocycles. The van der Waals surface area contributed by atoms with E-state index in [9.17, 15) is 0 Å². The molecular weight excluding hydrogens is 258 g/mol. The van der Waals surface area contributed by atoms with E-state index in [2.05, 4.69) is 34.2 Å². The molecule has 1 fully saturated rings. The monoisotopic (exact) mass is 281 g/mol. The predicted octanol–water partition coefficient (Wildman–Crippen LogP) is 1.92. The van der Waals surface area contributed by atoms with E-state index in [4.69, 9.17) is 5.73 Å². The van der Waals surface area contributed by atoms with Crippen LogP contribution in [0.4, 0.5) is 11.6 Å². The number of aromatic nitrogens is 2. The van der Waals surface area contributed by atoms with Crippen molar-refractivity contribution in [2.75, 3.05) is 44.0 Å². The lowest BCUT2D eigenvalue weighted by Gasteiger charge is -2.38.